The Kier molecular flexibility index (Phi) is 6.21. The molecule has 3 heterocycles. The summed E-state index contributed by atoms with van der Waals surface area (Å²) in [5.74, 6) is 0.0652. The van der Waals surface area contributed by atoms with E-state index in [1.54, 1.807) is 0 Å². The van der Waals surface area contributed by atoms with Crippen LogP contribution in [0.25, 0.3) is 0 Å². The molecule has 2 aliphatic heterocycles. The fraction of sp³-hybridized carbons (Fsp3) is 0.522. The number of likely N-dealkylation sites (tertiary alicyclic amines) is 1. The van der Waals surface area contributed by atoms with Gasteiger partial charge in [0.15, 0.2) is 0 Å². The number of piperazine rings is 1. The minimum Gasteiger partial charge on any atom is -0.369 e. The van der Waals surface area contributed by atoms with Crippen molar-refractivity contribution in [3.8, 4) is 0 Å². The topological polar surface area (TPSA) is 43.8 Å². The Morgan fingerprint density at radius 1 is 1.07 bits per heavy atom. The molecule has 1 aromatic heterocycles. The molecule has 2 aromatic rings. The summed E-state index contributed by atoms with van der Waals surface area (Å²) in [7, 11) is 2.08. The highest BCUT2D eigenvalue weighted by Crippen LogP contribution is 2.31. The third kappa shape index (κ3) is 4.65. The van der Waals surface area contributed by atoms with Crippen LogP contribution in [0.1, 0.15) is 31.5 Å². The number of benzene rings is 1. The average Bonchev–Trinajstić information content (AvgIpc) is 3.37. The number of aromatic nitrogens is 1. The molecule has 2 fully saturated rings. The molecular formula is C23H33N5O. The lowest BCUT2D eigenvalue weighted by Gasteiger charge is -2.35. The van der Waals surface area contributed by atoms with Crippen LogP contribution in [-0.4, -0.2) is 66.1 Å². The van der Waals surface area contributed by atoms with E-state index in [1.807, 2.05) is 12.1 Å². The van der Waals surface area contributed by atoms with Crippen LogP contribution in [-0.2, 0) is 11.8 Å². The summed E-state index contributed by atoms with van der Waals surface area (Å²) in [6.07, 6.45) is 4.34. The molecule has 2 aliphatic rings. The number of aryl methyl sites for hydroxylation is 1. The Hall–Kier alpha value is -2.31. The van der Waals surface area contributed by atoms with Gasteiger partial charge in [-0.25, -0.2) is 0 Å². The number of carbonyl (C=O) groups is 1. The maximum Gasteiger partial charge on any atom is 0.238 e. The second-order valence-electron chi connectivity index (χ2n) is 8.19. The van der Waals surface area contributed by atoms with Gasteiger partial charge in [0.25, 0.3) is 0 Å². The summed E-state index contributed by atoms with van der Waals surface area (Å²) >= 11 is 0. The van der Waals surface area contributed by atoms with E-state index in [0.717, 1.165) is 57.8 Å². The minimum absolute atomic E-state index is 0.0652. The largest absolute Gasteiger partial charge is 0.369 e. The molecule has 0 spiro atoms. The first-order valence-corrected chi connectivity index (χ1v) is 10.9. The third-order valence-corrected chi connectivity index (χ3v) is 6.37. The van der Waals surface area contributed by atoms with Crippen LogP contribution in [0, 0.1) is 0 Å². The van der Waals surface area contributed by atoms with Gasteiger partial charge in [-0.2, -0.15) is 0 Å². The van der Waals surface area contributed by atoms with Gasteiger partial charge in [-0.15, -0.1) is 0 Å². The van der Waals surface area contributed by atoms with E-state index in [0.29, 0.717) is 12.6 Å². The van der Waals surface area contributed by atoms with Crippen molar-refractivity contribution >= 4 is 17.3 Å². The summed E-state index contributed by atoms with van der Waals surface area (Å²) in [4.78, 5) is 19.8. The average molecular weight is 396 g/mol. The van der Waals surface area contributed by atoms with Crippen molar-refractivity contribution in [1.82, 2.24) is 14.4 Å². The molecular weight excluding hydrogens is 362 g/mol. The zero-order valence-corrected chi connectivity index (χ0v) is 17.7. The van der Waals surface area contributed by atoms with Crippen LogP contribution in [0.3, 0.4) is 0 Å². The molecule has 0 radical (unpaired) electrons. The molecule has 1 atom stereocenters. The van der Waals surface area contributed by atoms with E-state index < -0.39 is 0 Å². The zero-order chi connectivity index (χ0) is 20.2. The van der Waals surface area contributed by atoms with Gasteiger partial charge >= 0.3 is 0 Å². The van der Waals surface area contributed by atoms with Crippen molar-refractivity contribution in [1.29, 1.82) is 0 Å². The van der Waals surface area contributed by atoms with E-state index in [9.17, 15) is 4.79 Å². The molecule has 1 aromatic carbocycles. The zero-order valence-electron chi connectivity index (χ0n) is 17.7. The van der Waals surface area contributed by atoms with Crippen LogP contribution in [0.5, 0.6) is 0 Å². The molecule has 29 heavy (non-hydrogen) atoms. The number of hydrogen-bond acceptors (Lipinski definition) is 4. The van der Waals surface area contributed by atoms with Crippen molar-refractivity contribution < 1.29 is 4.79 Å². The molecule has 1 N–H and O–H groups in total. The fourth-order valence-electron chi connectivity index (χ4n) is 4.63. The Labute approximate surface area is 174 Å². The van der Waals surface area contributed by atoms with Crippen LogP contribution < -0.4 is 10.2 Å². The van der Waals surface area contributed by atoms with Gasteiger partial charge in [0.1, 0.15) is 0 Å². The second kappa shape index (κ2) is 9.01. The van der Waals surface area contributed by atoms with Crippen LogP contribution in [0.2, 0.25) is 0 Å². The highest BCUT2D eigenvalue weighted by Gasteiger charge is 2.29. The molecule has 156 valence electrons. The Morgan fingerprint density at radius 3 is 2.48 bits per heavy atom. The van der Waals surface area contributed by atoms with Gasteiger partial charge < -0.3 is 19.7 Å². The summed E-state index contributed by atoms with van der Waals surface area (Å²) in [6.45, 7) is 9.13. The van der Waals surface area contributed by atoms with Gasteiger partial charge in [0.2, 0.25) is 5.91 Å². The number of likely N-dealkylation sites (N-methyl/N-ethyl adjacent to an activating group) is 1. The van der Waals surface area contributed by atoms with Crippen LogP contribution >= 0.6 is 0 Å². The van der Waals surface area contributed by atoms with Crippen molar-refractivity contribution in [2.75, 3.05) is 56.0 Å². The van der Waals surface area contributed by atoms with Gasteiger partial charge in [-0.3, -0.25) is 9.69 Å². The number of anilines is 2. The van der Waals surface area contributed by atoms with Crippen molar-refractivity contribution in [3.63, 3.8) is 0 Å². The van der Waals surface area contributed by atoms with Crippen LogP contribution in [0.4, 0.5) is 11.4 Å². The third-order valence-electron chi connectivity index (χ3n) is 6.37. The van der Waals surface area contributed by atoms with Gasteiger partial charge in [0, 0.05) is 56.5 Å². The predicted molar refractivity (Wildman–Crippen MR) is 118 cm³/mol. The van der Waals surface area contributed by atoms with Crippen molar-refractivity contribution in [3.05, 3.63) is 48.3 Å². The number of hydrogen-bond donors (Lipinski definition) is 1. The Bertz CT molecular complexity index is 807. The summed E-state index contributed by atoms with van der Waals surface area (Å²) in [6, 6.07) is 12.9. The molecule has 0 saturated carbocycles. The molecule has 4 rings (SSSR count). The molecule has 6 heteroatoms. The molecule has 0 unspecified atom stereocenters. The van der Waals surface area contributed by atoms with E-state index in [-0.39, 0.29) is 5.91 Å². The minimum atomic E-state index is 0.0652. The van der Waals surface area contributed by atoms with E-state index in [4.69, 9.17) is 0 Å². The molecule has 6 nitrogen and oxygen atoms in total. The lowest BCUT2D eigenvalue weighted by atomic mass is 10.1. The van der Waals surface area contributed by atoms with Crippen LogP contribution in [0.15, 0.2) is 42.6 Å². The second-order valence-corrected chi connectivity index (χ2v) is 8.19. The van der Waals surface area contributed by atoms with E-state index in [1.165, 1.54) is 11.4 Å². The maximum atomic E-state index is 12.6. The molecule has 1 amide bonds. The summed E-state index contributed by atoms with van der Waals surface area (Å²) in [5, 5.41) is 3.08. The smallest absolute Gasteiger partial charge is 0.238 e. The number of nitrogens with zero attached hydrogens (tertiary/aromatic N) is 4. The number of carbonyl (C=O) groups excluding carboxylic acids is 1. The number of rotatable bonds is 6. The Morgan fingerprint density at radius 2 is 1.83 bits per heavy atom. The van der Waals surface area contributed by atoms with E-state index >= 15 is 0 Å². The molecule has 0 aliphatic carbocycles. The monoisotopic (exact) mass is 395 g/mol. The van der Waals surface area contributed by atoms with Gasteiger partial charge in [0.05, 0.1) is 12.6 Å². The first-order valence-electron chi connectivity index (χ1n) is 10.9. The fourth-order valence-corrected chi connectivity index (χ4v) is 4.63. The molecule has 2 saturated heterocycles. The lowest BCUT2D eigenvalue weighted by molar-refractivity contribution is -0.117. The number of amides is 1. The predicted octanol–water partition coefficient (Wildman–Crippen LogP) is 2.94. The van der Waals surface area contributed by atoms with Crippen molar-refractivity contribution in [2.45, 2.75) is 25.8 Å². The maximum absolute atomic E-state index is 12.6. The number of nitrogens with one attached hydrogen (secondary N) is 1. The first-order chi connectivity index (χ1) is 14.1. The van der Waals surface area contributed by atoms with E-state index in [2.05, 4.69) is 69.0 Å². The molecule has 0 bridgehead atoms. The standard InChI is InChI=1S/C23H33N5O/c1-3-26-14-16-27(17-15-26)20-10-8-19(9-11-20)24-23(29)18-28-13-5-7-22(28)21-6-4-12-25(21)2/h4,6,8-12,22H,3,5,7,13-18H2,1-2H3,(H,24,29)/t22-/m1/s1. The Balaban J connectivity index is 1.31. The highest BCUT2D eigenvalue weighted by atomic mass is 16.2. The lowest BCUT2D eigenvalue weighted by Crippen LogP contribution is -2.46. The summed E-state index contributed by atoms with van der Waals surface area (Å²) in [5.41, 5.74) is 3.41. The van der Waals surface area contributed by atoms with Crippen molar-refractivity contribution in [2.24, 2.45) is 7.05 Å². The van der Waals surface area contributed by atoms with Gasteiger partial charge in [-0.1, -0.05) is 6.92 Å². The highest BCUT2D eigenvalue weighted by molar-refractivity contribution is 5.92. The van der Waals surface area contributed by atoms with Gasteiger partial charge in [-0.05, 0) is 62.3 Å². The quantitative estimate of drug-likeness (QED) is 0.817. The SMILES string of the molecule is CCN1CCN(c2ccc(NC(=O)CN3CCC[C@@H]3c3cccn3C)cc2)CC1. The first kappa shape index (κ1) is 20.0. The normalized spacial score (nSPS) is 20.9. The summed E-state index contributed by atoms with van der Waals surface area (Å²) < 4.78 is 2.17.